The van der Waals surface area contributed by atoms with E-state index < -0.39 is 17.2 Å². The molecule has 0 saturated heterocycles. The van der Waals surface area contributed by atoms with Crippen LogP contribution in [0.15, 0.2) is 61.2 Å². The number of carbonyl (C=O) groups is 2. The Hall–Kier alpha value is -4.34. The van der Waals surface area contributed by atoms with Crippen molar-refractivity contribution in [1.82, 2.24) is 30.4 Å². The molecule has 1 aliphatic rings. The van der Waals surface area contributed by atoms with Gasteiger partial charge in [-0.25, -0.2) is 13.9 Å². The number of benzene rings is 1. The van der Waals surface area contributed by atoms with E-state index >= 15 is 0 Å². The van der Waals surface area contributed by atoms with Gasteiger partial charge in [0.15, 0.2) is 0 Å². The van der Waals surface area contributed by atoms with Crippen LogP contribution in [-0.2, 0) is 16.8 Å². The van der Waals surface area contributed by atoms with Gasteiger partial charge in [0.05, 0.1) is 40.4 Å². The maximum absolute atomic E-state index is 13.3. The summed E-state index contributed by atoms with van der Waals surface area (Å²) in [5.41, 5.74) is 2.16. The van der Waals surface area contributed by atoms with E-state index in [2.05, 4.69) is 25.7 Å². The number of ether oxygens (including phenoxy) is 1. The van der Waals surface area contributed by atoms with E-state index in [0.29, 0.717) is 22.2 Å². The summed E-state index contributed by atoms with van der Waals surface area (Å²) in [4.78, 5) is 34.0. The highest BCUT2D eigenvalue weighted by Gasteiger charge is 2.47. The second-order valence-corrected chi connectivity index (χ2v) is 10.1. The van der Waals surface area contributed by atoms with E-state index in [9.17, 15) is 14.0 Å². The first-order valence-corrected chi connectivity index (χ1v) is 12.0. The zero-order valence-corrected chi connectivity index (χ0v) is 20.8. The van der Waals surface area contributed by atoms with Gasteiger partial charge < -0.3 is 15.4 Å². The molecule has 0 atom stereocenters. The number of rotatable bonds is 6. The fourth-order valence-electron chi connectivity index (χ4n) is 4.07. The molecule has 0 spiro atoms. The van der Waals surface area contributed by atoms with Crippen molar-refractivity contribution in [2.45, 2.75) is 51.3 Å². The van der Waals surface area contributed by atoms with Crippen molar-refractivity contribution in [1.29, 1.82) is 0 Å². The predicted octanol–water partition coefficient (Wildman–Crippen LogP) is 4.40. The second-order valence-electron chi connectivity index (χ2n) is 10.1. The molecule has 1 saturated carbocycles. The number of nitrogens with one attached hydrogen (secondary N) is 2. The minimum Gasteiger partial charge on any atom is -0.444 e. The van der Waals surface area contributed by atoms with Gasteiger partial charge in [0.25, 0.3) is 5.91 Å². The number of alkyl carbamates (subject to hydrolysis) is 1. The first kappa shape index (κ1) is 24.4. The molecule has 1 aliphatic carbocycles. The first-order chi connectivity index (χ1) is 17.6. The van der Waals surface area contributed by atoms with Gasteiger partial charge in [-0.05, 0) is 69.5 Å². The molecule has 0 aliphatic heterocycles. The predicted molar refractivity (Wildman–Crippen MR) is 135 cm³/mol. The number of fused-ring (bicyclic) bond motifs is 1. The number of halogens is 1. The van der Waals surface area contributed by atoms with Crippen molar-refractivity contribution in [2.24, 2.45) is 0 Å². The summed E-state index contributed by atoms with van der Waals surface area (Å²) in [5, 5.41) is 10.9. The van der Waals surface area contributed by atoms with Gasteiger partial charge in [-0.1, -0.05) is 6.07 Å². The number of carbonyl (C=O) groups excluding carboxylic acids is 2. The number of aromatic nitrogens is 4. The Morgan fingerprint density at radius 2 is 1.81 bits per heavy atom. The molecule has 9 nitrogen and oxygen atoms in total. The molecule has 2 amide bonds. The van der Waals surface area contributed by atoms with Crippen LogP contribution in [0.25, 0.3) is 16.6 Å². The Labute approximate surface area is 213 Å². The Bertz CT molecular complexity index is 1450. The van der Waals surface area contributed by atoms with Crippen LogP contribution >= 0.6 is 0 Å². The monoisotopic (exact) mass is 502 g/mol. The lowest BCUT2D eigenvalue weighted by Gasteiger charge is -2.20. The fourth-order valence-corrected chi connectivity index (χ4v) is 4.07. The zero-order valence-electron chi connectivity index (χ0n) is 20.8. The van der Waals surface area contributed by atoms with Gasteiger partial charge in [0, 0.05) is 24.3 Å². The van der Waals surface area contributed by atoms with Crippen molar-refractivity contribution in [3.63, 3.8) is 0 Å². The number of hydrogen-bond donors (Lipinski definition) is 2. The van der Waals surface area contributed by atoms with Gasteiger partial charge in [0.2, 0.25) is 0 Å². The molecule has 3 heterocycles. The summed E-state index contributed by atoms with van der Waals surface area (Å²) in [6, 6.07) is 9.69. The number of pyridine rings is 2. The molecule has 37 heavy (non-hydrogen) atoms. The summed E-state index contributed by atoms with van der Waals surface area (Å²) in [5.74, 6) is -0.610. The molecule has 1 aromatic carbocycles. The third-order valence-corrected chi connectivity index (χ3v) is 6.07. The van der Waals surface area contributed by atoms with E-state index in [4.69, 9.17) is 4.74 Å². The molecule has 4 aromatic rings. The van der Waals surface area contributed by atoms with Gasteiger partial charge in [-0.2, -0.15) is 5.10 Å². The van der Waals surface area contributed by atoms with Crippen LogP contribution in [0.5, 0.6) is 0 Å². The lowest BCUT2D eigenvalue weighted by Crippen LogP contribution is -2.35. The summed E-state index contributed by atoms with van der Waals surface area (Å²) in [6.45, 7) is 5.70. The van der Waals surface area contributed by atoms with Crippen LogP contribution < -0.4 is 10.6 Å². The lowest BCUT2D eigenvalue weighted by atomic mass is 10.1. The Morgan fingerprint density at radius 3 is 2.46 bits per heavy atom. The van der Waals surface area contributed by atoms with E-state index in [0.717, 1.165) is 24.1 Å². The maximum atomic E-state index is 13.3. The van der Waals surface area contributed by atoms with Crippen LogP contribution in [0.3, 0.4) is 0 Å². The van der Waals surface area contributed by atoms with Crippen LogP contribution in [-0.4, -0.2) is 37.3 Å². The largest absolute Gasteiger partial charge is 0.444 e. The molecule has 0 bridgehead atoms. The highest BCUT2D eigenvalue weighted by atomic mass is 19.1. The smallest absolute Gasteiger partial charge is 0.407 e. The molecule has 10 heteroatoms. The van der Waals surface area contributed by atoms with Crippen molar-refractivity contribution >= 4 is 22.9 Å². The van der Waals surface area contributed by atoms with E-state index in [1.807, 2.05) is 12.1 Å². The van der Waals surface area contributed by atoms with E-state index in [1.165, 1.54) is 18.3 Å². The van der Waals surface area contributed by atoms with E-state index in [1.54, 1.807) is 56.2 Å². The van der Waals surface area contributed by atoms with Crippen LogP contribution in [0.4, 0.5) is 9.18 Å². The normalized spacial score (nSPS) is 14.3. The summed E-state index contributed by atoms with van der Waals surface area (Å²) in [7, 11) is 0. The van der Waals surface area contributed by atoms with Crippen LogP contribution in [0, 0.1) is 5.82 Å². The Morgan fingerprint density at radius 1 is 1.05 bits per heavy atom. The highest BCUT2D eigenvalue weighted by Crippen LogP contribution is 2.45. The quantitative estimate of drug-likeness (QED) is 0.404. The molecule has 3 aromatic heterocycles. The fraction of sp³-hybridized carbons (Fsp3) is 0.296. The summed E-state index contributed by atoms with van der Waals surface area (Å²) in [6.07, 6.45) is 7.48. The molecule has 0 unspecified atom stereocenters. The SMILES string of the molecule is CC(C)(C)OC(=O)NCc1ccc(C2(NC(=O)c3cncc4c3cnn4-c3ccc(F)cc3)CC2)nc1. The highest BCUT2D eigenvalue weighted by molar-refractivity contribution is 6.06. The minimum absolute atomic E-state index is 0.272. The Kier molecular flexibility index (Phi) is 6.10. The van der Waals surface area contributed by atoms with Crippen molar-refractivity contribution in [3.8, 4) is 5.69 Å². The molecule has 0 radical (unpaired) electrons. The van der Waals surface area contributed by atoms with Gasteiger partial charge in [-0.15, -0.1) is 0 Å². The van der Waals surface area contributed by atoms with Crippen molar-refractivity contribution in [2.75, 3.05) is 0 Å². The first-order valence-electron chi connectivity index (χ1n) is 12.0. The van der Waals surface area contributed by atoms with Crippen LogP contribution in [0.1, 0.15) is 55.2 Å². The number of nitrogens with zero attached hydrogens (tertiary/aromatic N) is 4. The van der Waals surface area contributed by atoms with Gasteiger partial charge in [0.1, 0.15) is 11.4 Å². The number of hydrogen-bond acceptors (Lipinski definition) is 6. The Balaban J connectivity index is 1.29. The second kappa shape index (κ2) is 9.27. The summed E-state index contributed by atoms with van der Waals surface area (Å²) < 4.78 is 20.2. The third kappa shape index (κ3) is 5.28. The van der Waals surface area contributed by atoms with Gasteiger partial charge >= 0.3 is 6.09 Å². The lowest BCUT2D eigenvalue weighted by molar-refractivity contribution is 0.0523. The zero-order chi connectivity index (χ0) is 26.2. The third-order valence-electron chi connectivity index (χ3n) is 6.07. The number of amides is 2. The minimum atomic E-state index is -0.567. The van der Waals surface area contributed by atoms with Crippen molar-refractivity contribution < 1.29 is 18.7 Å². The standard InChI is InChI=1S/C27H27FN6O3/c1-26(2,3)37-25(36)31-13-17-4-9-23(30-12-17)27(10-11-27)33-24(35)21-14-29-16-22-20(21)15-32-34(22)19-7-5-18(28)6-8-19/h4-9,12,14-16H,10-11,13H2,1-3H3,(H,31,36)(H,33,35). The van der Waals surface area contributed by atoms with E-state index in [-0.39, 0.29) is 18.3 Å². The van der Waals surface area contributed by atoms with Gasteiger partial charge in [-0.3, -0.25) is 14.8 Å². The molecule has 1 fully saturated rings. The van der Waals surface area contributed by atoms with Crippen molar-refractivity contribution in [3.05, 3.63) is 83.8 Å². The summed E-state index contributed by atoms with van der Waals surface area (Å²) >= 11 is 0. The maximum Gasteiger partial charge on any atom is 0.407 e. The molecular weight excluding hydrogens is 475 g/mol. The average molecular weight is 503 g/mol. The molecular formula is C27H27FN6O3. The average Bonchev–Trinajstić information content (AvgIpc) is 3.51. The molecule has 190 valence electrons. The topological polar surface area (TPSA) is 111 Å². The van der Waals surface area contributed by atoms with Crippen LogP contribution in [0.2, 0.25) is 0 Å². The molecule has 5 rings (SSSR count). The molecule has 2 N–H and O–H groups in total.